The minimum Gasteiger partial charge on any atom is -0.367 e. The zero-order valence-corrected chi connectivity index (χ0v) is 16.5. The summed E-state index contributed by atoms with van der Waals surface area (Å²) < 4.78 is 3.09. The Morgan fingerprint density at radius 3 is 2.69 bits per heavy atom. The Bertz CT molecular complexity index is 983. The van der Waals surface area contributed by atoms with Crippen LogP contribution in [0.1, 0.15) is 31.0 Å². The van der Waals surface area contributed by atoms with E-state index in [1.54, 1.807) is 18.3 Å². The minimum absolute atomic E-state index is 0.180. The molecule has 4 rings (SSSR count). The van der Waals surface area contributed by atoms with Gasteiger partial charge in [0.2, 0.25) is 5.91 Å². The van der Waals surface area contributed by atoms with Gasteiger partial charge >= 0.3 is 0 Å². The first-order valence-electron chi connectivity index (χ1n) is 9.04. The number of carbonyl (C=O) groups excluding carboxylic acids is 1. The van der Waals surface area contributed by atoms with Crippen LogP contribution in [0.2, 0.25) is 0 Å². The number of piperidine rings is 1. The average molecular weight is 372 g/mol. The number of amides is 1. The highest BCUT2D eigenvalue weighted by atomic mass is 32.1. The number of fused-ring (bicyclic) bond motifs is 3. The Labute approximate surface area is 156 Å². The molecule has 7 nitrogen and oxygen atoms in total. The van der Waals surface area contributed by atoms with Crippen LogP contribution in [-0.4, -0.2) is 50.4 Å². The summed E-state index contributed by atoms with van der Waals surface area (Å²) in [5.41, 5.74) is 3.27. The van der Waals surface area contributed by atoms with Crippen LogP contribution < -0.4 is 5.32 Å². The van der Waals surface area contributed by atoms with Gasteiger partial charge in [0.25, 0.3) is 0 Å². The minimum atomic E-state index is 0.180. The summed E-state index contributed by atoms with van der Waals surface area (Å²) in [7, 11) is 1.99. The van der Waals surface area contributed by atoms with E-state index >= 15 is 0 Å². The van der Waals surface area contributed by atoms with Crippen LogP contribution >= 0.6 is 11.3 Å². The molecule has 0 atom stereocenters. The van der Waals surface area contributed by atoms with Gasteiger partial charge in [-0.3, -0.25) is 9.48 Å². The fourth-order valence-corrected chi connectivity index (χ4v) is 4.89. The lowest BCUT2D eigenvalue weighted by molar-refractivity contribution is -0.130. The van der Waals surface area contributed by atoms with Crippen LogP contribution in [0.4, 0.5) is 5.82 Å². The molecule has 26 heavy (non-hydrogen) atoms. The second-order valence-corrected chi connectivity index (χ2v) is 8.17. The number of likely N-dealkylation sites (tertiary alicyclic amines) is 1. The molecule has 0 saturated carbocycles. The van der Waals surface area contributed by atoms with Crippen molar-refractivity contribution in [3.05, 3.63) is 11.3 Å². The van der Waals surface area contributed by atoms with Gasteiger partial charge < -0.3 is 10.2 Å². The maximum Gasteiger partial charge on any atom is 0.219 e. The number of nitrogens with one attached hydrogen (secondary N) is 1. The summed E-state index contributed by atoms with van der Waals surface area (Å²) in [5, 5.41) is 18.0. The van der Waals surface area contributed by atoms with Gasteiger partial charge in [-0.1, -0.05) is 0 Å². The van der Waals surface area contributed by atoms with Gasteiger partial charge in [-0.15, -0.1) is 16.4 Å². The molecule has 1 amide bonds. The Kier molecular flexibility index (Phi) is 4.30. The second kappa shape index (κ2) is 6.50. The fourth-order valence-electron chi connectivity index (χ4n) is 3.72. The largest absolute Gasteiger partial charge is 0.367 e. The first-order chi connectivity index (χ1) is 12.5. The van der Waals surface area contributed by atoms with Crippen LogP contribution in [0.15, 0.2) is 0 Å². The zero-order chi connectivity index (χ0) is 18.4. The molecule has 3 aromatic heterocycles. The Morgan fingerprint density at radius 2 is 2.00 bits per heavy atom. The van der Waals surface area contributed by atoms with E-state index in [0.717, 1.165) is 64.4 Å². The van der Waals surface area contributed by atoms with E-state index in [-0.39, 0.29) is 5.91 Å². The van der Waals surface area contributed by atoms with E-state index in [1.165, 1.54) is 5.56 Å². The van der Waals surface area contributed by atoms with Gasteiger partial charge in [0.15, 0.2) is 5.82 Å². The molecule has 0 spiro atoms. The van der Waals surface area contributed by atoms with Crippen LogP contribution in [0.3, 0.4) is 0 Å². The Morgan fingerprint density at radius 1 is 1.27 bits per heavy atom. The van der Waals surface area contributed by atoms with Crippen molar-refractivity contribution in [1.29, 1.82) is 0 Å². The van der Waals surface area contributed by atoms with Crippen LogP contribution in [0, 0.1) is 19.8 Å². The second-order valence-electron chi connectivity index (χ2n) is 7.17. The van der Waals surface area contributed by atoms with E-state index in [0.29, 0.717) is 5.92 Å². The molecular formula is C18H24N6OS. The quantitative estimate of drug-likeness (QED) is 0.765. The summed E-state index contributed by atoms with van der Waals surface area (Å²) in [6.07, 6.45) is 2.08. The number of hydrogen-bond acceptors (Lipinski definition) is 6. The van der Waals surface area contributed by atoms with Gasteiger partial charge in [0.1, 0.15) is 4.83 Å². The highest BCUT2D eigenvalue weighted by Gasteiger charge is 2.22. The fraction of sp³-hybridized carbons (Fsp3) is 0.556. The lowest BCUT2D eigenvalue weighted by Crippen LogP contribution is -2.38. The SMILES string of the molecule is CC(=O)N1CCC(CNc2nn(C)c3c2sc2nnc(C)c(C)c23)CC1. The van der Waals surface area contributed by atoms with E-state index in [1.807, 2.05) is 23.6 Å². The van der Waals surface area contributed by atoms with E-state index < -0.39 is 0 Å². The van der Waals surface area contributed by atoms with E-state index in [9.17, 15) is 4.79 Å². The van der Waals surface area contributed by atoms with Crippen molar-refractivity contribution in [2.75, 3.05) is 25.0 Å². The Balaban J connectivity index is 1.56. The smallest absolute Gasteiger partial charge is 0.219 e. The molecule has 1 aliphatic rings. The van der Waals surface area contributed by atoms with Gasteiger partial charge in [0, 0.05) is 39.0 Å². The maximum absolute atomic E-state index is 11.5. The summed E-state index contributed by atoms with van der Waals surface area (Å²) >= 11 is 1.65. The van der Waals surface area contributed by atoms with Crippen molar-refractivity contribution < 1.29 is 4.79 Å². The molecule has 0 aliphatic carbocycles. The standard InChI is InChI=1S/C18H24N6OS/c1-10-11(2)20-21-18-14(10)15-16(26-18)17(22-23(15)4)19-9-13-5-7-24(8-6-13)12(3)25/h13H,5-9H2,1-4H3,(H,19,22). The molecule has 138 valence electrons. The molecule has 1 N–H and O–H groups in total. The van der Waals surface area contributed by atoms with Crippen molar-refractivity contribution in [2.24, 2.45) is 13.0 Å². The highest BCUT2D eigenvalue weighted by molar-refractivity contribution is 7.26. The first-order valence-corrected chi connectivity index (χ1v) is 9.85. The third-order valence-electron chi connectivity index (χ3n) is 5.48. The van der Waals surface area contributed by atoms with Crippen molar-refractivity contribution in [3.8, 4) is 0 Å². The number of aryl methyl sites for hydroxylation is 3. The number of hydrogen-bond donors (Lipinski definition) is 1. The predicted octanol–water partition coefficient (Wildman–Crippen LogP) is 2.87. The maximum atomic E-state index is 11.5. The molecule has 0 bridgehead atoms. The summed E-state index contributed by atoms with van der Waals surface area (Å²) in [6.45, 7) is 8.34. The molecule has 0 radical (unpaired) electrons. The molecule has 1 aliphatic heterocycles. The number of thiophene rings is 1. The van der Waals surface area contributed by atoms with Gasteiger partial charge in [-0.05, 0) is 38.2 Å². The summed E-state index contributed by atoms with van der Waals surface area (Å²) in [4.78, 5) is 14.4. The number of nitrogens with zero attached hydrogens (tertiary/aromatic N) is 5. The monoisotopic (exact) mass is 372 g/mol. The van der Waals surface area contributed by atoms with E-state index in [4.69, 9.17) is 5.10 Å². The molecule has 0 aromatic carbocycles. The zero-order valence-electron chi connectivity index (χ0n) is 15.7. The Hall–Kier alpha value is -2.22. The van der Waals surface area contributed by atoms with E-state index in [2.05, 4.69) is 22.4 Å². The number of carbonyl (C=O) groups is 1. The van der Waals surface area contributed by atoms with Crippen LogP contribution in [0.25, 0.3) is 20.4 Å². The van der Waals surface area contributed by atoms with Gasteiger partial charge in [0.05, 0.1) is 15.9 Å². The first kappa shape index (κ1) is 17.2. The predicted molar refractivity (Wildman–Crippen MR) is 105 cm³/mol. The molecule has 1 fully saturated rings. The van der Waals surface area contributed by atoms with Gasteiger partial charge in [-0.25, -0.2) is 0 Å². The van der Waals surface area contributed by atoms with Gasteiger partial charge in [-0.2, -0.15) is 10.2 Å². The summed E-state index contributed by atoms with van der Waals surface area (Å²) in [6, 6.07) is 0. The molecule has 1 saturated heterocycles. The number of anilines is 1. The molecule has 8 heteroatoms. The van der Waals surface area contributed by atoms with Crippen LogP contribution in [-0.2, 0) is 11.8 Å². The number of aromatic nitrogens is 4. The lowest BCUT2D eigenvalue weighted by atomic mass is 9.97. The average Bonchev–Trinajstić information content (AvgIpc) is 3.15. The van der Waals surface area contributed by atoms with Crippen molar-refractivity contribution in [1.82, 2.24) is 24.9 Å². The van der Waals surface area contributed by atoms with Crippen molar-refractivity contribution in [3.63, 3.8) is 0 Å². The molecular weight excluding hydrogens is 348 g/mol. The molecule has 4 heterocycles. The van der Waals surface area contributed by atoms with Crippen molar-refractivity contribution >= 4 is 43.5 Å². The van der Waals surface area contributed by atoms with Crippen LogP contribution in [0.5, 0.6) is 0 Å². The topological polar surface area (TPSA) is 75.9 Å². The number of rotatable bonds is 3. The highest BCUT2D eigenvalue weighted by Crippen LogP contribution is 2.38. The van der Waals surface area contributed by atoms with Crippen molar-refractivity contribution in [2.45, 2.75) is 33.6 Å². The normalized spacial score (nSPS) is 15.9. The molecule has 3 aromatic rings. The third-order valence-corrected chi connectivity index (χ3v) is 6.55. The molecule has 0 unspecified atom stereocenters. The lowest BCUT2D eigenvalue weighted by Gasteiger charge is -2.31. The summed E-state index contributed by atoms with van der Waals surface area (Å²) in [5.74, 6) is 1.68. The third kappa shape index (κ3) is 2.82.